The number of amides is 1. The van der Waals surface area contributed by atoms with Crippen LogP contribution in [-0.2, 0) is 22.9 Å². The molecule has 1 aromatic carbocycles. The van der Waals surface area contributed by atoms with Crippen molar-refractivity contribution in [1.82, 2.24) is 19.2 Å². The summed E-state index contributed by atoms with van der Waals surface area (Å²) in [5.74, 6) is -0.689. The summed E-state index contributed by atoms with van der Waals surface area (Å²) < 4.78 is 29.5. The van der Waals surface area contributed by atoms with Crippen LogP contribution in [0.5, 0.6) is 0 Å². The number of aromatic nitrogens is 3. The topological polar surface area (TPSA) is 110 Å². The highest BCUT2D eigenvalue weighted by atomic mass is 35.5. The molecule has 1 saturated heterocycles. The highest BCUT2D eigenvalue weighted by molar-refractivity contribution is 7.91. The molecule has 6 rings (SSSR count). The first-order valence-corrected chi connectivity index (χ1v) is 14.0. The first-order valence-electron chi connectivity index (χ1n) is 11.4. The van der Waals surface area contributed by atoms with Crippen LogP contribution in [0.4, 0.5) is 0 Å². The van der Waals surface area contributed by atoms with Gasteiger partial charge in [-0.2, -0.15) is 4.31 Å². The van der Waals surface area contributed by atoms with E-state index in [1.807, 2.05) is 6.07 Å². The van der Waals surface area contributed by atoms with Gasteiger partial charge in [0.1, 0.15) is 9.90 Å². The molecular formula is C24H20ClN5O4S2. The predicted octanol–water partition coefficient (Wildman–Crippen LogP) is 2.89. The van der Waals surface area contributed by atoms with E-state index in [1.54, 1.807) is 42.9 Å². The maximum absolute atomic E-state index is 13.2. The Morgan fingerprint density at radius 2 is 1.86 bits per heavy atom. The Bertz CT molecular complexity index is 1630. The van der Waals surface area contributed by atoms with E-state index in [4.69, 9.17) is 11.6 Å². The molecule has 0 spiro atoms. The number of halogens is 1. The van der Waals surface area contributed by atoms with E-state index in [9.17, 15) is 18.4 Å². The third-order valence-electron chi connectivity index (χ3n) is 6.66. The third kappa shape index (κ3) is 3.83. The third-order valence-corrected chi connectivity index (χ3v) is 10.3. The molecule has 1 fully saturated rings. The lowest BCUT2D eigenvalue weighted by Gasteiger charge is -2.33. The Balaban J connectivity index is 1.20. The summed E-state index contributed by atoms with van der Waals surface area (Å²) in [4.78, 5) is 23.0. The molecule has 1 aliphatic heterocycles. The first kappa shape index (κ1) is 23.3. The van der Waals surface area contributed by atoms with Gasteiger partial charge in [-0.25, -0.2) is 13.1 Å². The van der Waals surface area contributed by atoms with Crippen LogP contribution in [0.25, 0.3) is 21.2 Å². The van der Waals surface area contributed by atoms with Gasteiger partial charge < -0.3 is 10.1 Å². The number of piperazine rings is 1. The summed E-state index contributed by atoms with van der Waals surface area (Å²) in [5.41, 5.74) is 3.18. The second-order valence-corrected chi connectivity index (χ2v) is 12.4. The lowest BCUT2D eigenvalue weighted by Crippen LogP contribution is -2.53. The number of sulfonamides is 1. The van der Waals surface area contributed by atoms with Crippen molar-refractivity contribution < 1.29 is 17.9 Å². The summed E-state index contributed by atoms with van der Waals surface area (Å²) in [6.45, 7) is 0.602. The molecule has 4 aromatic rings. The van der Waals surface area contributed by atoms with Crippen LogP contribution in [0.2, 0.25) is 5.02 Å². The highest BCUT2D eigenvalue weighted by Crippen LogP contribution is 2.33. The van der Waals surface area contributed by atoms with Crippen molar-refractivity contribution in [3.63, 3.8) is 0 Å². The van der Waals surface area contributed by atoms with Crippen LogP contribution in [-0.4, -0.2) is 59.7 Å². The van der Waals surface area contributed by atoms with Gasteiger partial charge in [-0.3, -0.25) is 9.78 Å². The van der Waals surface area contributed by atoms with Crippen LogP contribution in [0.15, 0.2) is 53.1 Å². The zero-order valence-corrected chi connectivity index (χ0v) is 21.3. The van der Waals surface area contributed by atoms with Crippen LogP contribution in [0.3, 0.4) is 0 Å². The van der Waals surface area contributed by atoms with Crippen LogP contribution >= 0.6 is 22.9 Å². The quantitative estimate of drug-likeness (QED) is 0.291. The zero-order chi connectivity index (χ0) is 25.0. The van der Waals surface area contributed by atoms with E-state index in [2.05, 4.69) is 9.97 Å². The fraction of sp³-hybridized carbons (Fsp3) is 0.250. The van der Waals surface area contributed by atoms with Crippen molar-refractivity contribution in [2.75, 3.05) is 26.2 Å². The van der Waals surface area contributed by atoms with Crippen LogP contribution < -0.4 is 4.73 Å². The van der Waals surface area contributed by atoms with Crippen molar-refractivity contribution in [3.8, 4) is 11.1 Å². The Morgan fingerprint density at radius 3 is 2.67 bits per heavy atom. The fourth-order valence-corrected chi connectivity index (χ4v) is 7.99. The molecule has 12 heteroatoms. The van der Waals surface area contributed by atoms with Gasteiger partial charge in [0, 0.05) is 54.7 Å². The van der Waals surface area contributed by atoms with Crippen molar-refractivity contribution in [1.29, 1.82) is 0 Å². The fourth-order valence-electron chi connectivity index (χ4n) is 4.74. The number of pyridine rings is 1. The lowest BCUT2D eigenvalue weighted by atomic mass is 9.91. The molecule has 0 radical (unpaired) electrons. The van der Waals surface area contributed by atoms with Gasteiger partial charge in [0.05, 0.1) is 5.56 Å². The molecule has 9 nitrogen and oxygen atoms in total. The van der Waals surface area contributed by atoms with Gasteiger partial charge in [0.15, 0.2) is 6.20 Å². The summed E-state index contributed by atoms with van der Waals surface area (Å²) in [7, 11) is -3.72. The van der Waals surface area contributed by atoms with Crippen molar-refractivity contribution >= 4 is 49.0 Å². The molecule has 36 heavy (non-hydrogen) atoms. The molecule has 0 unspecified atom stereocenters. The SMILES string of the molecule is O=C(c1ncc2c([n+]1[O-])CCc1cnccc1-2)N1CCN(S(=O)(=O)c2cc3ccc(Cl)cc3s2)CC1. The largest absolute Gasteiger partial charge is 0.710 e. The van der Waals surface area contributed by atoms with Crippen LogP contribution in [0.1, 0.15) is 21.9 Å². The Kier molecular flexibility index (Phi) is 5.67. The van der Waals surface area contributed by atoms with E-state index >= 15 is 0 Å². The number of rotatable bonds is 3. The molecule has 0 atom stereocenters. The van der Waals surface area contributed by atoms with Crippen molar-refractivity contribution in [3.05, 3.63) is 76.2 Å². The minimum absolute atomic E-state index is 0.132. The normalized spacial score (nSPS) is 16.1. The number of carbonyl (C=O) groups is 1. The van der Waals surface area contributed by atoms with Gasteiger partial charge in [-0.05, 0) is 52.2 Å². The maximum atomic E-state index is 13.2. The van der Waals surface area contributed by atoms with Gasteiger partial charge >= 0.3 is 11.7 Å². The number of benzene rings is 1. The molecule has 0 bridgehead atoms. The Morgan fingerprint density at radius 1 is 1.06 bits per heavy atom. The molecule has 1 aliphatic carbocycles. The van der Waals surface area contributed by atoms with Gasteiger partial charge in [0.2, 0.25) is 0 Å². The van der Waals surface area contributed by atoms with E-state index < -0.39 is 15.9 Å². The molecule has 3 aromatic heterocycles. The maximum Gasteiger partial charge on any atom is 0.392 e. The standard InChI is InChI=1S/C24H20ClN5O4S2/c25-17-3-1-15-11-22(35-21(15)12-17)36(33,34)29-9-7-28(8-10-29)24(31)23-27-14-19-18-5-6-26-13-16(18)2-4-20(19)30(23)32/h1,3,5-6,11-14H,2,4,7-10H2. The van der Waals surface area contributed by atoms with Crippen molar-refractivity contribution in [2.45, 2.75) is 17.1 Å². The summed E-state index contributed by atoms with van der Waals surface area (Å²) in [5, 5.41) is 14.5. The minimum atomic E-state index is -3.72. The monoisotopic (exact) mass is 541 g/mol. The highest BCUT2D eigenvalue weighted by Gasteiger charge is 2.35. The van der Waals surface area contributed by atoms with Crippen LogP contribution in [0, 0.1) is 5.21 Å². The molecule has 4 heterocycles. The average molecular weight is 542 g/mol. The molecule has 1 amide bonds. The Hall–Kier alpha value is -3.12. The number of hydrogen-bond donors (Lipinski definition) is 0. The number of carbonyl (C=O) groups excluding carboxylic acids is 1. The predicted molar refractivity (Wildman–Crippen MR) is 135 cm³/mol. The van der Waals surface area contributed by atoms with Gasteiger partial charge in [-0.1, -0.05) is 17.7 Å². The molecule has 184 valence electrons. The second-order valence-electron chi connectivity index (χ2n) is 8.71. The van der Waals surface area contributed by atoms with E-state index in [0.717, 1.165) is 21.2 Å². The smallest absolute Gasteiger partial charge is 0.392 e. The minimum Gasteiger partial charge on any atom is -0.710 e. The number of fused-ring (bicyclic) bond motifs is 4. The van der Waals surface area contributed by atoms with Gasteiger partial charge in [0.25, 0.3) is 10.0 Å². The number of thiophene rings is 1. The number of aryl methyl sites for hydroxylation is 1. The number of hydrogen-bond acceptors (Lipinski definition) is 7. The van der Waals surface area contributed by atoms with Crippen molar-refractivity contribution in [2.24, 2.45) is 0 Å². The van der Waals surface area contributed by atoms with E-state index in [1.165, 1.54) is 20.5 Å². The van der Waals surface area contributed by atoms with E-state index in [-0.39, 0.29) is 36.2 Å². The summed E-state index contributed by atoms with van der Waals surface area (Å²) >= 11 is 7.21. The zero-order valence-electron chi connectivity index (χ0n) is 18.9. The van der Waals surface area contributed by atoms with Gasteiger partial charge in [-0.15, -0.1) is 11.3 Å². The summed E-state index contributed by atoms with van der Waals surface area (Å²) in [6, 6.07) is 8.76. The average Bonchev–Trinajstić information content (AvgIpc) is 3.33. The first-order chi connectivity index (χ1) is 17.3. The molecule has 0 saturated carbocycles. The number of nitrogens with zero attached hydrogens (tertiary/aromatic N) is 5. The molecular weight excluding hydrogens is 522 g/mol. The molecule has 2 aliphatic rings. The Labute approximate surface area is 216 Å². The molecule has 0 N–H and O–H groups in total. The van der Waals surface area contributed by atoms with E-state index in [0.29, 0.717) is 33.9 Å². The summed E-state index contributed by atoms with van der Waals surface area (Å²) in [6.07, 6.45) is 6.18. The second kappa shape index (κ2) is 8.77. The lowest BCUT2D eigenvalue weighted by molar-refractivity contribution is -0.619.